The fourth-order valence-corrected chi connectivity index (χ4v) is 2.98. The third-order valence-electron chi connectivity index (χ3n) is 4.49. The van der Waals surface area contributed by atoms with E-state index in [0.717, 1.165) is 36.0 Å². The summed E-state index contributed by atoms with van der Waals surface area (Å²) in [6.07, 6.45) is 3.32. The maximum atomic E-state index is 12.7. The van der Waals surface area contributed by atoms with Gasteiger partial charge in [-0.3, -0.25) is 9.59 Å². The number of aryl methyl sites for hydroxylation is 1. The molecule has 0 heterocycles. The molecule has 0 radical (unpaired) electrons. The Morgan fingerprint density at radius 1 is 1.00 bits per heavy atom. The zero-order valence-electron chi connectivity index (χ0n) is 15.7. The Labute approximate surface area is 156 Å². The van der Waals surface area contributed by atoms with Gasteiger partial charge in [0.05, 0.1) is 6.61 Å². The lowest BCUT2D eigenvalue weighted by Gasteiger charge is -2.17. The van der Waals surface area contributed by atoms with E-state index >= 15 is 0 Å². The van der Waals surface area contributed by atoms with E-state index in [1.807, 2.05) is 56.3 Å². The van der Waals surface area contributed by atoms with Gasteiger partial charge in [-0.25, -0.2) is 0 Å². The third-order valence-corrected chi connectivity index (χ3v) is 4.49. The summed E-state index contributed by atoms with van der Waals surface area (Å²) in [5.74, 6) is 0.149. The number of hydrogen-bond donors (Lipinski definition) is 0. The molecule has 0 bridgehead atoms. The lowest BCUT2D eigenvalue weighted by Crippen LogP contribution is -2.10. The van der Waals surface area contributed by atoms with Gasteiger partial charge in [0, 0.05) is 18.4 Å². The molecule has 1 atom stereocenters. The average molecular weight is 352 g/mol. The van der Waals surface area contributed by atoms with Crippen LogP contribution in [-0.2, 0) is 9.53 Å². The van der Waals surface area contributed by atoms with E-state index in [1.54, 1.807) is 0 Å². The molecule has 0 fully saturated rings. The number of hydrogen-bond acceptors (Lipinski definition) is 3. The van der Waals surface area contributed by atoms with Gasteiger partial charge >= 0.3 is 5.97 Å². The second kappa shape index (κ2) is 10.5. The van der Waals surface area contributed by atoms with Crippen LogP contribution in [0, 0.1) is 6.92 Å². The summed E-state index contributed by atoms with van der Waals surface area (Å²) in [4.78, 5) is 24.2. The van der Waals surface area contributed by atoms with Crippen molar-refractivity contribution in [3.63, 3.8) is 0 Å². The monoisotopic (exact) mass is 352 g/mol. The van der Waals surface area contributed by atoms with Gasteiger partial charge in [0.1, 0.15) is 0 Å². The van der Waals surface area contributed by atoms with E-state index in [-0.39, 0.29) is 17.7 Å². The molecule has 138 valence electrons. The predicted molar refractivity (Wildman–Crippen MR) is 104 cm³/mol. The molecule has 0 aliphatic heterocycles. The molecule has 0 aliphatic carbocycles. The number of ether oxygens (including phenoxy) is 1. The first-order chi connectivity index (χ1) is 12.6. The van der Waals surface area contributed by atoms with Crippen molar-refractivity contribution in [2.75, 3.05) is 6.61 Å². The zero-order chi connectivity index (χ0) is 18.8. The highest BCUT2D eigenvalue weighted by atomic mass is 16.5. The number of benzene rings is 2. The van der Waals surface area contributed by atoms with E-state index in [1.165, 1.54) is 0 Å². The van der Waals surface area contributed by atoms with Crippen LogP contribution in [0.3, 0.4) is 0 Å². The van der Waals surface area contributed by atoms with Crippen LogP contribution in [0.4, 0.5) is 0 Å². The molecule has 0 spiro atoms. The maximum Gasteiger partial charge on any atom is 0.305 e. The third kappa shape index (κ3) is 6.47. The summed E-state index contributed by atoms with van der Waals surface area (Å²) in [5, 5.41) is 0. The topological polar surface area (TPSA) is 43.4 Å². The Morgan fingerprint density at radius 3 is 2.35 bits per heavy atom. The fourth-order valence-electron chi connectivity index (χ4n) is 2.98. The molecule has 2 rings (SSSR count). The van der Waals surface area contributed by atoms with Crippen LogP contribution in [0.15, 0.2) is 54.6 Å². The van der Waals surface area contributed by atoms with E-state index in [2.05, 4.69) is 12.1 Å². The highest BCUT2D eigenvalue weighted by Gasteiger charge is 2.17. The number of carbonyl (C=O) groups excluding carboxylic acids is 2. The number of rotatable bonds is 10. The summed E-state index contributed by atoms with van der Waals surface area (Å²) in [6.45, 7) is 4.39. The van der Waals surface area contributed by atoms with E-state index < -0.39 is 0 Å². The first kappa shape index (κ1) is 19.9. The van der Waals surface area contributed by atoms with Gasteiger partial charge in [-0.1, -0.05) is 67.1 Å². The van der Waals surface area contributed by atoms with E-state index in [9.17, 15) is 9.59 Å². The van der Waals surface area contributed by atoms with Crippen LogP contribution in [0.25, 0.3) is 0 Å². The van der Waals surface area contributed by atoms with Gasteiger partial charge in [-0.15, -0.1) is 0 Å². The van der Waals surface area contributed by atoms with Crippen molar-refractivity contribution < 1.29 is 14.3 Å². The molecular formula is C23H28O3. The highest BCUT2D eigenvalue weighted by Crippen LogP contribution is 2.27. The standard InChI is InChI=1S/C23H28O3/c1-3-8-23(25)26-16-7-11-21(19-9-5-4-6-10-19)17-22(24)20-14-12-18(2)13-15-20/h4-6,9-10,12-15,21H,3,7-8,11,16-17H2,1-2H3. The average Bonchev–Trinajstić information content (AvgIpc) is 2.65. The molecule has 0 saturated heterocycles. The van der Waals surface area contributed by atoms with Crippen molar-refractivity contribution in [1.82, 2.24) is 0 Å². The van der Waals surface area contributed by atoms with Gasteiger partial charge in [0.15, 0.2) is 5.78 Å². The molecular weight excluding hydrogens is 324 g/mol. The molecule has 26 heavy (non-hydrogen) atoms. The van der Waals surface area contributed by atoms with Gasteiger partial charge in [-0.2, -0.15) is 0 Å². The minimum absolute atomic E-state index is 0.134. The van der Waals surface area contributed by atoms with Gasteiger partial charge < -0.3 is 4.74 Å². The molecule has 0 N–H and O–H groups in total. The fraction of sp³-hybridized carbons (Fsp3) is 0.391. The Bertz CT molecular complexity index is 689. The van der Waals surface area contributed by atoms with Crippen LogP contribution in [-0.4, -0.2) is 18.4 Å². The van der Waals surface area contributed by atoms with Gasteiger partial charge in [0.2, 0.25) is 0 Å². The quantitative estimate of drug-likeness (QED) is 0.323. The molecule has 0 saturated carbocycles. The lowest BCUT2D eigenvalue weighted by molar-refractivity contribution is -0.143. The van der Waals surface area contributed by atoms with Crippen LogP contribution in [0.5, 0.6) is 0 Å². The molecule has 3 heteroatoms. The molecule has 3 nitrogen and oxygen atoms in total. The highest BCUT2D eigenvalue weighted by molar-refractivity contribution is 5.96. The van der Waals surface area contributed by atoms with Gasteiger partial charge in [-0.05, 0) is 37.7 Å². The molecule has 0 aliphatic rings. The van der Waals surface area contributed by atoms with Crippen molar-refractivity contribution in [3.8, 4) is 0 Å². The summed E-state index contributed by atoms with van der Waals surface area (Å²) in [5.41, 5.74) is 3.06. The number of Topliss-reactive ketones (excluding diaryl/α,β-unsaturated/α-hetero) is 1. The van der Waals surface area contributed by atoms with Crippen molar-refractivity contribution in [1.29, 1.82) is 0 Å². The molecule has 0 amide bonds. The van der Waals surface area contributed by atoms with Crippen LogP contribution in [0.1, 0.15) is 66.4 Å². The molecule has 2 aromatic rings. The van der Waals surface area contributed by atoms with Crippen LogP contribution < -0.4 is 0 Å². The van der Waals surface area contributed by atoms with Crippen molar-refractivity contribution in [2.45, 2.75) is 51.9 Å². The first-order valence-electron chi connectivity index (χ1n) is 9.40. The predicted octanol–water partition coefficient (Wildman–Crippen LogP) is 5.48. The first-order valence-corrected chi connectivity index (χ1v) is 9.40. The Morgan fingerprint density at radius 2 is 1.69 bits per heavy atom. The summed E-state index contributed by atoms with van der Waals surface area (Å²) < 4.78 is 5.25. The second-order valence-electron chi connectivity index (χ2n) is 6.71. The normalized spacial score (nSPS) is 11.8. The Hall–Kier alpha value is -2.42. The van der Waals surface area contributed by atoms with Crippen molar-refractivity contribution >= 4 is 11.8 Å². The maximum absolute atomic E-state index is 12.7. The van der Waals surface area contributed by atoms with E-state index in [4.69, 9.17) is 4.74 Å². The molecule has 0 aromatic heterocycles. The van der Waals surface area contributed by atoms with Crippen LogP contribution >= 0.6 is 0 Å². The summed E-state index contributed by atoms with van der Waals surface area (Å²) in [6, 6.07) is 17.8. The Balaban J connectivity index is 1.97. The minimum atomic E-state index is -0.139. The lowest BCUT2D eigenvalue weighted by atomic mass is 9.88. The number of esters is 1. The summed E-state index contributed by atoms with van der Waals surface area (Å²) >= 11 is 0. The minimum Gasteiger partial charge on any atom is -0.466 e. The van der Waals surface area contributed by atoms with Crippen molar-refractivity contribution in [2.24, 2.45) is 0 Å². The van der Waals surface area contributed by atoms with Gasteiger partial charge in [0.25, 0.3) is 0 Å². The van der Waals surface area contributed by atoms with Crippen molar-refractivity contribution in [3.05, 3.63) is 71.3 Å². The molecule has 2 aromatic carbocycles. The summed E-state index contributed by atoms with van der Waals surface area (Å²) in [7, 11) is 0. The largest absolute Gasteiger partial charge is 0.466 e. The number of ketones is 1. The smallest absolute Gasteiger partial charge is 0.305 e. The SMILES string of the molecule is CCCC(=O)OCCCC(CC(=O)c1ccc(C)cc1)c1ccccc1. The molecule has 1 unspecified atom stereocenters. The second-order valence-corrected chi connectivity index (χ2v) is 6.71. The Kier molecular flexibility index (Phi) is 8.07. The van der Waals surface area contributed by atoms with E-state index in [0.29, 0.717) is 19.4 Å². The number of carbonyl (C=O) groups is 2. The zero-order valence-corrected chi connectivity index (χ0v) is 15.7. The van der Waals surface area contributed by atoms with Crippen LogP contribution in [0.2, 0.25) is 0 Å².